The van der Waals surface area contributed by atoms with E-state index in [0.717, 1.165) is 5.56 Å². The first kappa shape index (κ1) is 22.9. The number of amides is 2. The fourth-order valence-electron chi connectivity index (χ4n) is 3.37. The molecule has 0 unspecified atom stereocenters. The van der Waals surface area contributed by atoms with Crippen molar-refractivity contribution in [1.29, 1.82) is 5.26 Å². The summed E-state index contributed by atoms with van der Waals surface area (Å²) in [6, 6.07) is 24.9. The van der Waals surface area contributed by atoms with Gasteiger partial charge in [-0.05, 0) is 60.5 Å². The molecule has 1 fully saturated rings. The van der Waals surface area contributed by atoms with Crippen LogP contribution < -0.4 is 10.2 Å². The highest BCUT2D eigenvalue weighted by Gasteiger charge is 2.40. The van der Waals surface area contributed by atoms with Gasteiger partial charge >= 0.3 is 0 Å². The van der Waals surface area contributed by atoms with Gasteiger partial charge in [0.2, 0.25) is 5.91 Å². The predicted molar refractivity (Wildman–Crippen MR) is 133 cm³/mol. The van der Waals surface area contributed by atoms with E-state index >= 15 is 0 Å². The Morgan fingerprint density at radius 1 is 0.970 bits per heavy atom. The fraction of sp³-hybridized carbons (Fsp3) is 0.0800. The second-order valence-corrected chi connectivity index (χ2v) is 9.26. The van der Waals surface area contributed by atoms with E-state index in [-0.39, 0.29) is 16.5 Å². The molecule has 8 heteroatoms. The molecule has 0 bridgehead atoms. The molecule has 1 aliphatic rings. The summed E-state index contributed by atoms with van der Waals surface area (Å²) in [4.78, 5) is 27.9. The third-order valence-electron chi connectivity index (χ3n) is 4.96. The van der Waals surface area contributed by atoms with Gasteiger partial charge in [0.25, 0.3) is 5.91 Å². The lowest BCUT2D eigenvalue weighted by molar-refractivity contribution is -0.117. The second-order valence-electron chi connectivity index (χ2n) is 7.20. The van der Waals surface area contributed by atoms with E-state index in [1.54, 1.807) is 48.5 Å². The van der Waals surface area contributed by atoms with Crippen molar-refractivity contribution in [2.75, 3.05) is 10.2 Å². The zero-order valence-electron chi connectivity index (χ0n) is 17.2. The van der Waals surface area contributed by atoms with E-state index in [2.05, 4.69) is 5.32 Å². The van der Waals surface area contributed by atoms with Gasteiger partial charge in [-0.3, -0.25) is 14.5 Å². The number of rotatable bonds is 5. The van der Waals surface area contributed by atoms with Gasteiger partial charge < -0.3 is 5.32 Å². The van der Waals surface area contributed by atoms with E-state index in [0.29, 0.717) is 27.8 Å². The molecule has 1 heterocycles. The van der Waals surface area contributed by atoms with Crippen LogP contribution >= 0.6 is 35.0 Å². The number of carbonyl (C=O) groups is 2. The Morgan fingerprint density at radius 2 is 1.58 bits per heavy atom. The Balaban J connectivity index is 1.72. The van der Waals surface area contributed by atoms with Crippen molar-refractivity contribution in [2.45, 2.75) is 11.7 Å². The van der Waals surface area contributed by atoms with Crippen molar-refractivity contribution in [2.24, 2.45) is 0 Å². The molecule has 0 saturated carbocycles. The minimum absolute atomic E-state index is 0.145. The number of halogens is 2. The summed E-state index contributed by atoms with van der Waals surface area (Å²) in [5.41, 5.74) is 1.87. The maximum atomic E-state index is 13.4. The van der Waals surface area contributed by atoms with Gasteiger partial charge in [0.05, 0.1) is 5.25 Å². The number of hydrogen-bond donors (Lipinski definition) is 1. The quantitative estimate of drug-likeness (QED) is 0.346. The molecule has 4 rings (SSSR count). The zero-order chi connectivity index (χ0) is 23.4. The van der Waals surface area contributed by atoms with E-state index in [9.17, 15) is 14.9 Å². The van der Waals surface area contributed by atoms with Crippen LogP contribution in [0.15, 0.2) is 89.5 Å². The largest absolute Gasteiger partial charge is 0.321 e. The summed E-state index contributed by atoms with van der Waals surface area (Å²) in [5.74, 6) is -0.803. The molecule has 0 aromatic heterocycles. The summed E-state index contributed by atoms with van der Waals surface area (Å²) in [6.07, 6.45) is 0.468. The number of nitrogens with one attached hydrogen (secondary N) is 1. The first-order valence-electron chi connectivity index (χ1n) is 9.97. The lowest BCUT2D eigenvalue weighted by Gasteiger charge is -2.19. The maximum absolute atomic E-state index is 13.4. The van der Waals surface area contributed by atoms with Crippen LogP contribution in [0.2, 0.25) is 10.0 Å². The van der Waals surface area contributed by atoms with E-state index in [4.69, 9.17) is 23.2 Å². The van der Waals surface area contributed by atoms with E-state index in [1.165, 1.54) is 16.7 Å². The first-order chi connectivity index (χ1) is 16.0. The minimum Gasteiger partial charge on any atom is -0.321 e. The summed E-state index contributed by atoms with van der Waals surface area (Å²) < 4.78 is 0. The predicted octanol–water partition coefficient (Wildman–Crippen LogP) is 6.06. The van der Waals surface area contributed by atoms with Gasteiger partial charge in [0.15, 0.2) is 0 Å². The third kappa shape index (κ3) is 5.23. The Labute approximate surface area is 205 Å². The van der Waals surface area contributed by atoms with E-state index in [1.807, 2.05) is 36.4 Å². The van der Waals surface area contributed by atoms with Gasteiger partial charge in [-0.15, -0.1) is 0 Å². The zero-order valence-corrected chi connectivity index (χ0v) is 19.5. The molecular formula is C25H17Cl2N3O2S. The number of benzene rings is 3. The smallest absolute Gasteiger partial charge is 0.269 e. The number of anilines is 2. The van der Waals surface area contributed by atoms with Crippen LogP contribution in [-0.2, 0) is 16.0 Å². The molecule has 3 aromatic carbocycles. The molecule has 0 spiro atoms. The third-order valence-corrected chi connectivity index (χ3v) is 6.72. The molecule has 1 aliphatic heterocycles. The number of hydrogen-bond acceptors (Lipinski definition) is 4. The van der Waals surface area contributed by atoms with Gasteiger partial charge in [0.1, 0.15) is 16.7 Å². The summed E-state index contributed by atoms with van der Waals surface area (Å²) in [5, 5.41) is 13.5. The number of thioether (sulfide) groups is 1. The number of nitriles is 1. The standard InChI is InChI=1S/C25H17Cl2N3O2S/c26-17-6-10-19(11-7-17)29-23(31)21(15-28)25-30(20-12-8-18(27)9-13-20)24(32)22(33-25)14-16-4-2-1-3-5-16/h1-13,22H,14H2,(H,29,31)/b25-21-/t22-/m0/s1. The second kappa shape index (κ2) is 10.1. The molecule has 1 atom stereocenters. The van der Waals surface area contributed by atoms with Crippen LogP contribution in [0.3, 0.4) is 0 Å². The lowest BCUT2D eigenvalue weighted by atomic mass is 10.1. The molecule has 1 saturated heterocycles. The Hall–Kier alpha value is -3.24. The van der Waals surface area contributed by atoms with Crippen LogP contribution in [-0.4, -0.2) is 17.1 Å². The highest BCUT2D eigenvalue weighted by atomic mass is 35.5. The average Bonchev–Trinajstić information content (AvgIpc) is 3.12. The monoisotopic (exact) mass is 493 g/mol. The lowest BCUT2D eigenvalue weighted by Crippen LogP contribution is -2.30. The fourth-order valence-corrected chi connectivity index (χ4v) is 4.93. The molecular weight excluding hydrogens is 477 g/mol. The van der Waals surface area contributed by atoms with Gasteiger partial charge in [-0.2, -0.15) is 5.26 Å². The highest BCUT2D eigenvalue weighted by Crippen LogP contribution is 2.42. The van der Waals surface area contributed by atoms with Crippen LogP contribution in [0.25, 0.3) is 0 Å². The first-order valence-corrected chi connectivity index (χ1v) is 11.6. The van der Waals surface area contributed by atoms with Crippen LogP contribution in [0.5, 0.6) is 0 Å². The average molecular weight is 494 g/mol. The van der Waals surface area contributed by atoms with Crippen molar-refractivity contribution in [3.63, 3.8) is 0 Å². The summed E-state index contributed by atoms with van der Waals surface area (Å²) in [6.45, 7) is 0. The molecule has 2 amide bonds. The summed E-state index contributed by atoms with van der Waals surface area (Å²) in [7, 11) is 0. The Morgan fingerprint density at radius 3 is 2.18 bits per heavy atom. The van der Waals surface area contributed by atoms with Gasteiger partial charge in [-0.1, -0.05) is 65.3 Å². The van der Waals surface area contributed by atoms with Crippen molar-refractivity contribution in [1.82, 2.24) is 0 Å². The molecule has 0 aliphatic carbocycles. The van der Waals surface area contributed by atoms with Crippen LogP contribution in [0.4, 0.5) is 11.4 Å². The molecule has 33 heavy (non-hydrogen) atoms. The molecule has 1 N–H and O–H groups in total. The molecule has 164 valence electrons. The van der Waals surface area contributed by atoms with Crippen molar-refractivity contribution >= 4 is 58.2 Å². The Kier molecular flexibility index (Phi) is 7.05. The minimum atomic E-state index is -0.602. The van der Waals surface area contributed by atoms with Gasteiger partial charge in [-0.25, -0.2) is 0 Å². The normalized spacial score (nSPS) is 16.9. The number of carbonyl (C=O) groups excluding carboxylic acids is 2. The van der Waals surface area contributed by atoms with Crippen molar-refractivity contribution in [3.05, 3.63) is 105 Å². The van der Waals surface area contributed by atoms with Crippen LogP contribution in [0.1, 0.15) is 5.56 Å². The van der Waals surface area contributed by atoms with Crippen molar-refractivity contribution < 1.29 is 9.59 Å². The Bertz CT molecular complexity index is 1250. The van der Waals surface area contributed by atoms with Crippen molar-refractivity contribution in [3.8, 4) is 6.07 Å². The summed E-state index contributed by atoms with van der Waals surface area (Å²) >= 11 is 13.1. The topological polar surface area (TPSA) is 73.2 Å². The van der Waals surface area contributed by atoms with Gasteiger partial charge in [0, 0.05) is 21.4 Å². The van der Waals surface area contributed by atoms with E-state index < -0.39 is 11.2 Å². The maximum Gasteiger partial charge on any atom is 0.269 e. The highest BCUT2D eigenvalue weighted by molar-refractivity contribution is 8.05. The SMILES string of the molecule is N#C/C(C(=O)Nc1ccc(Cl)cc1)=C1/S[C@@H](Cc2ccccc2)C(=O)N1c1ccc(Cl)cc1. The molecule has 3 aromatic rings. The molecule has 0 radical (unpaired) electrons. The van der Waals surface area contributed by atoms with Crippen LogP contribution in [0, 0.1) is 11.3 Å². The molecule has 5 nitrogen and oxygen atoms in total. The number of nitrogens with zero attached hydrogens (tertiary/aromatic N) is 2.